The van der Waals surface area contributed by atoms with Crippen molar-refractivity contribution < 1.29 is 9.59 Å². The summed E-state index contributed by atoms with van der Waals surface area (Å²) in [6.45, 7) is 0.708. The fourth-order valence-electron chi connectivity index (χ4n) is 2.86. The van der Waals surface area contributed by atoms with Gasteiger partial charge in [-0.15, -0.1) is 0 Å². The Hall–Kier alpha value is -2.14. The van der Waals surface area contributed by atoms with Crippen LogP contribution in [0.3, 0.4) is 0 Å². The minimum Gasteiger partial charge on any atom is -0.324 e. The van der Waals surface area contributed by atoms with Gasteiger partial charge in [0.05, 0.1) is 17.3 Å². The van der Waals surface area contributed by atoms with Gasteiger partial charge in [0, 0.05) is 19.0 Å². The van der Waals surface area contributed by atoms with Crippen LogP contribution >= 0.6 is 0 Å². The van der Waals surface area contributed by atoms with Crippen molar-refractivity contribution in [3.63, 3.8) is 0 Å². The number of rotatable bonds is 3. The Labute approximate surface area is 123 Å². The molecular formula is C16H19N3O2. The SMILES string of the molecule is NC1C=CC(C(=O)Nc2ccccc2N2CCCC2=O)C1. The van der Waals surface area contributed by atoms with E-state index in [1.165, 1.54) is 0 Å². The van der Waals surface area contributed by atoms with Gasteiger partial charge < -0.3 is 16.0 Å². The number of carbonyl (C=O) groups excluding carboxylic acids is 2. The summed E-state index contributed by atoms with van der Waals surface area (Å²) in [6.07, 6.45) is 5.78. The molecule has 2 aliphatic rings. The van der Waals surface area contributed by atoms with Crippen molar-refractivity contribution in [3.8, 4) is 0 Å². The molecule has 3 rings (SSSR count). The summed E-state index contributed by atoms with van der Waals surface area (Å²) in [5.41, 5.74) is 7.25. The lowest BCUT2D eigenvalue weighted by molar-refractivity contribution is -0.119. The lowest BCUT2D eigenvalue weighted by Crippen LogP contribution is -2.27. The van der Waals surface area contributed by atoms with Crippen LogP contribution < -0.4 is 16.0 Å². The number of nitrogens with zero attached hydrogens (tertiary/aromatic N) is 1. The molecular weight excluding hydrogens is 266 g/mol. The minimum absolute atomic E-state index is 0.0452. The predicted molar refractivity (Wildman–Crippen MR) is 81.9 cm³/mol. The molecule has 0 spiro atoms. The first-order chi connectivity index (χ1) is 10.1. The molecule has 2 amide bonds. The van der Waals surface area contributed by atoms with E-state index in [9.17, 15) is 9.59 Å². The van der Waals surface area contributed by atoms with E-state index in [0.29, 0.717) is 25.1 Å². The Bertz CT molecular complexity index is 597. The van der Waals surface area contributed by atoms with Crippen LogP contribution in [0.1, 0.15) is 19.3 Å². The normalized spacial score (nSPS) is 24.6. The monoisotopic (exact) mass is 285 g/mol. The van der Waals surface area contributed by atoms with Crippen LogP contribution in [0.2, 0.25) is 0 Å². The first-order valence-corrected chi connectivity index (χ1v) is 7.29. The molecule has 21 heavy (non-hydrogen) atoms. The number of nitrogens with one attached hydrogen (secondary N) is 1. The van der Waals surface area contributed by atoms with E-state index in [4.69, 9.17) is 5.73 Å². The van der Waals surface area contributed by atoms with E-state index in [1.807, 2.05) is 36.4 Å². The zero-order valence-electron chi connectivity index (χ0n) is 11.8. The molecule has 5 nitrogen and oxygen atoms in total. The van der Waals surface area contributed by atoms with Crippen molar-refractivity contribution in [2.24, 2.45) is 11.7 Å². The molecule has 2 atom stereocenters. The second-order valence-electron chi connectivity index (χ2n) is 5.55. The molecule has 1 aromatic rings. The van der Waals surface area contributed by atoms with Crippen molar-refractivity contribution >= 4 is 23.2 Å². The number of benzene rings is 1. The first-order valence-electron chi connectivity index (χ1n) is 7.29. The molecule has 5 heteroatoms. The summed E-state index contributed by atoms with van der Waals surface area (Å²) >= 11 is 0. The van der Waals surface area contributed by atoms with Crippen molar-refractivity contribution in [2.45, 2.75) is 25.3 Å². The summed E-state index contributed by atoms with van der Waals surface area (Å²) < 4.78 is 0. The third-order valence-corrected chi connectivity index (χ3v) is 3.98. The van der Waals surface area contributed by atoms with Gasteiger partial charge in [-0.1, -0.05) is 24.3 Å². The summed E-state index contributed by atoms with van der Waals surface area (Å²) in [6, 6.07) is 7.39. The number of para-hydroxylation sites is 2. The molecule has 1 aromatic carbocycles. The van der Waals surface area contributed by atoms with E-state index >= 15 is 0 Å². The number of nitrogens with two attached hydrogens (primary N) is 1. The average molecular weight is 285 g/mol. The maximum Gasteiger partial charge on any atom is 0.231 e. The van der Waals surface area contributed by atoms with E-state index < -0.39 is 0 Å². The zero-order valence-corrected chi connectivity index (χ0v) is 11.8. The number of hydrogen-bond donors (Lipinski definition) is 2. The summed E-state index contributed by atoms with van der Waals surface area (Å²) in [7, 11) is 0. The highest BCUT2D eigenvalue weighted by Gasteiger charge is 2.26. The summed E-state index contributed by atoms with van der Waals surface area (Å²) in [5, 5.41) is 2.93. The molecule has 1 aliphatic heterocycles. The van der Waals surface area contributed by atoms with Crippen molar-refractivity contribution in [2.75, 3.05) is 16.8 Å². The Balaban J connectivity index is 1.78. The molecule has 110 valence electrons. The van der Waals surface area contributed by atoms with Crippen LogP contribution in [0, 0.1) is 5.92 Å². The van der Waals surface area contributed by atoms with E-state index in [-0.39, 0.29) is 23.8 Å². The molecule has 3 N–H and O–H groups in total. The fourth-order valence-corrected chi connectivity index (χ4v) is 2.86. The zero-order chi connectivity index (χ0) is 14.8. The van der Waals surface area contributed by atoms with Gasteiger partial charge in [0.1, 0.15) is 0 Å². The molecule has 1 saturated heterocycles. The molecule has 0 radical (unpaired) electrons. The van der Waals surface area contributed by atoms with Crippen molar-refractivity contribution in [3.05, 3.63) is 36.4 Å². The minimum atomic E-state index is -0.192. The van der Waals surface area contributed by atoms with Gasteiger partial charge in [0.15, 0.2) is 0 Å². The molecule has 1 aliphatic carbocycles. The maximum atomic E-state index is 12.3. The van der Waals surface area contributed by atoms with Crippen molar-refractivity contribution in [1.82, 2.24) is 0 Å². The quantitative estimate of drug-likeness (QED) is 0.829. The Morgan fingerprint density at radius 2 is 2.10 bits per heavy atom. The smallest absolute Gasteiger partial charge is 0.231 e. The van der Waals surface area contributed by atoms with Crippen LogP contribution in [0.4, 0.5) is 11.4 Å². The molecule has 2 unspecified atom stereocenters. The van der Waals surface area contributed by atoms with Crippen LogP contribution in [0.5, 0.6) is 0 Å². The first kappa shape index (κ1) is 13.8. The third kappa shape index (κ3) is 2.83. The Morgan fingerprint density at radius 1 is 1.29 bits per heavy atom. The van der Waals surface area contributed by atoms with E-state index in [2.05, 4.69) is 5.32 Å². The van der Waals surface area contributed by atoms with Gasteiger partial charge in [-0.05, 0) is 25.0 Å². The second kappa shape index (κ2) is 5.69. The molecule has 1 fully saturated rings. The van der Waals surface area contributed by atoms with Gasteiger partial charge in [-0.25, -0.2) is 0 Å². The van der Waals surface area contributed by atoms with E-state index in [1.54, 1.807) is 4.90 Å². The van der Waals surface area contributed by atoms with Crippen LogP contribution in [-0.2, 0) is 9.59 Å². The predicted octanol–water partition coefficient (Wildman–Crippen LogP) is 1.66. The number of anilines is 2. The third-order valence-electron chi connectivity index (χ3n) is 3.98. The Kier molecular flexibility index (Phi) is 3.75. The molecule has 0 aromatic heterocycles. The molecule has 1 heterocycles. The Morgan fingerprint density at radius 3 is 2.76 bits per heavy atom. The molecule has 0 saturated carbocycles. The van der Waals surface area contributed by atoms with Gasteiger partial charge >= 0.3 is 0 Å². The van der Waals surface area contributed by atoms with Gasteiger partial charge in [0.25, 0.3) is 0 Å². The maximum absolute atomic E-state index is 12.3. The van der Waals surface area contributed by atoms with Crippen LogP contribution in [-0.4, -0.2) is 24.4 Å². The lowest BCUT2D eigenvalue weighted by Gasteiger charge is -2.20. The number of hydrogen-bond acceptors (Lipinski definition) is 3. The van der Waals surface area contributed by atoms with Crippen molar-refractivity contribution in [1.29, 1.82) is 0 Å². The standard InChI is InChI=1S/C16H19N3O2/c17-12-8-7-11(10-12)16(21)18-13-4-1-2-5-14(13)19-9-3-6-15(19)20/h1-2,4-5,7-8,11-12H,3,6,9-10,17H2,(H,18,21). The lowest BCUT2D eigenvalue weighted by atomic mass is 10.1. The highest BCUT2D eigenvalue weighted by molar-refractivity contribution is 6.02. The number of amides is 2. The summed E-state index contributed by atoms with van der Waals surface area (Å²) in [5.74, 6) is -0.153. The van der Waals surface area contributed by atoms with Gasteiger partial charge in [-0.2, -0.15) is 0 Å². The highest BCUT2D eigenvalue weighted by Crippen LogP contribution is 2.30. The molecule has 0 bridgehead atoms. The fraction of sp³-hybridized carbons (Fsp3) is 0.375. The topological polar surface area (TPSA) is 75.4 Å². The average Bonchev–Trinajstić information content (AvgIpc) is 3.08. The highest BCUT2D eigenvalue weighted by atomic mass is 16.2. The largest absolute Gasteiger partial charge is 0.324 e. The van der Waals surface area contributed by atoms with Crippen LogP contribution in [0.25, 0.3) is 0 Å². The van der Waals surface area contributed by atoms with Crippen LogP contribution in [0.15, 0.2) is 36.4 Å². The summed E-state index contributed by atoms with van der Waals surface area (Å²) in [4.78, 5) is 25.9. The second-order valence-corrected chi connectivity index (χ2v) is 5.55. The van der Waals surface area contributed by atoms with E-state index in [0.717, 1.165) is 12.1 Å². The number of carbonyl (C=O) groups is 2. The van der Waals surface area contributed by atoms with Gasteiger partial charge in [0.2, 0.25) is 11.8 Å². The van der Waals surface area contributed by atoms with Gasteiger partial charge in [-0.3, -0.25) is 9.59 Å².